The number of hydrogen-bond acceptors (Lipinski definition) is 2. The Balaban J connectivity index is 1.72. The average molecular weight is 286 g/mol. The first-order valence-electron chi connectivity index (χ1n) is 8.20. The van der Waals surface area contributed by atoms with Gasteiger partial charge in [0.25, 0.3) is 0 Å². The molecule has 2 N–H and O–H groups in total. The summed E-state index contributed by atoms with van der Waals surface area (Å²) < 4.78 is 0. The molecule has 3 heteroatoms. The van der Waals surface area contributed by atoms with Crippen molar-refractivity contribution in [2.75, 3.05) is 6.54 Å². The second kappa shape index (κ2) is 5.80. The average Bonchev–Trinajstić information content (AvgIpc) is 3.05. The zero-order valence-corrected chi connectivity index (χ0v) is 13.1. The Morgan fingerprint density at radius 3 is 2.71 bits per heavy atom. The third kappa shape index (κ3) is 2.71. The van der Waals surface area contributed by atoms with Gasteiger partial charge in [0.1, 0.15) is 0 Å². The number of rotatable bonds is 4. The van der Waals surface area contributed by atoms with Gasteiger partial charge in [0.05, 0.1) is 5.92 Å². The fourth-order valence-corrected chi connectivity index (χ4v) is 4.29. The molecule has 0 radical (unpaired) electrons. The second-order valence-electron chi connectivity index (χ2n) is 6.78. The molecule has 2 aliphatic rings. The quantitative estimate of drug-likeness (QED) is 0.925. The summed E-state index contributed by atoms with van der Waals surface area (Å²) in [5, 5.41) is 0. The third-order valence-corrected chi connectivity index (χ3v) is 5.42. The Labute approximate surface area is 127 Å². The maximum Gasteiger partial charge on any atom is 0.227 e. The SMILES string of the molecule is CCN(Cc1cccc(C)c1)C(=O)C1C2CCC(C2)C1N. The number of nitrogens with zero attached hydrogens (tertiary/aromatic N) is 1. The number of carbonyl (C=O) groups is 1. The molecule has 2 saturated carbocycles. The van der Waals surface area contributed by atoms with E-state index >= 15 is 0 Å². The van der Waals surface area contributed by atoms with E-state index in [2.05, 4.69) is 38.1 Å². The summed E-state index contributed by atoms with van der Waals surface area (Å²) in [7, 11) is 0. The summed E-state index contributed by atoms with van der Waals surface area (Å²) in [6.45, 7) is 5.62. The van der Waals surface area contributed by atoms with Crippen LogP contribution >= 0.6 is 0 Å². The van der Waals surface area contributed by atoms with Gasteiger partial charge in [0, 0.05) is 19.1 Å². The standard InChI is InChI=1S/C18H26N2O/c1-3-20(11-13-6-4-5-12(2)9-13)18(21)16-14-7-8-15(10-14)17(16)19/h4-6,9,14-17H,3,7-8,10-11,19H2,1-2H3. The number of nitrogens with two attached hydrogens (primary N) is 1. The summed E-state index contributed by atoms with van der Waals surface area (Å²) in [5.74, 6) is 1.46. The van der Waals surface area contributed by atoms with Crippen LogP contribution in [0.25, 0.3) is 0 Å². The lowest BCUT2D eigenvalue weighted by Gasteiger charge is -2.32. The molecule has 0 aliphatic heterocycles. The van der Waals surface area contributed by atoms with Crippen LogP contribution in [0.3, 0.4) is 0 Å². The van der Waals surface area contributed by atoms with Crippen LogP contribution in [0, 0.1) is 24.7 Å². The summed E-state index contributed by atoms with van der Waals surface area (Å²) in [6, 6.07) is 8.50. The van der Waals surface area contributed by atoms with E-state index in [-0.39, 0.29) is 17.9 Å². The van der Waals surface area contributed by atoms with Gasteiger partial charge in [-0.1, -0.05) is 29.8 Å². The van der Waals surface area contributed by atoms with E-state index in [1.807, 2.05) is 4.90 Å². The molecule has 21 heavy (non-hydrogen) atoms. The van der Waals surface area contributed by atoms with E-state index in [1.54, 1.807) is 0 Å². The molecule has 0 spiro atoms. The number of amides is 1. The van der Waals surface area contributed by atoms with Crippen molar-refractivity contribution < 1.29 is 4.79 Å². The molecule has 2 bridgehead atoms. The summed E-state index contributed by atoms with van der Waals surface area (Å²) in [5.41, 5.74) is 8.78. The lowest BCUT2D eigenvalue weighted by Crippen LogP contribution is -2.46. The molecule has 4 unspecified atom stereocenters. The fraction of sp³-hybridized carbons (Fsp3) is 0.611. The minimum atomic E-state index is 0.0634. The van der Waals surface area contributed by atoms with Gasteiger partial charge in [-0.05, 0) is 50.5 Å². The second-order valence-corrected chi connectivity index (χ2v) is 6.78. The minimum absolute atomic E-state index is 0.0634. The minimum Gasteiger partial charge on any atom is -0.338 e. The Bertz CT molecular complexity index is 526. The predicted octanol–water partition coefficient (Wildman–Crippen LogP) is 2.72. The van der Waals surface area contributed by atoms with E-state index < -0.39 is 0 Å². The number of benzene rings is 1. The Hall–Kier alpha value is -1.35. The van der Waals surface area contributed by atoms with E-state index in [1.165, 1.54) is 30.4 Å². The molecule has 114 valence electrons. The molecule has 1 amide bonds. The van der Waals surface area contributed by atoms with Crippen molar-refractivity contribution in [3.63, 3.8) is 0 Å². The van der Waals surface area contributed by atoms with E-state index in [4.69, 9.17) is 5.73 Å². The number of hydrogen-bond donors (Lipinski definition) is 1. The van der Waals surface area contributed by atoms with Crippen molar-refractivity contribution in [3.8, 4) is 0 Å². The van der Waals surface area contributed by atoms with Crippen LogP contribution in [-0.2, 0) is 11.3 Å². The molecule has 3 nitrogen and oxygen atoms in total. The van der Waals surface area contributed by atoms with Crippen LogP contribution in [0.1, 0.15) is 37.3 Å². The highest BCUT2D eigenvalue weighted by Gasteiger charge is 2.49. The Kier molecular flexibility index (Phi) is 4.03. The first-order chi connectivity index (χ1) is 10.1. The van der Waals surface area contributed by atoms with Crippen molar-refractivity contribution in [1.29, 1.82) is 0 Å². The van der Waals surface area contributed by atoms with E-state index in [9.17, 15) is 4.79 Å². The molecular weight excluding hydrogens is 260 g/mol. The highest BCUT2D eigenvalue weighted by atomic mass is 16.2. The lowest BCUT2D eigenvalue weighted by atomic mass is 9.84. The van der Waals surface area contributed by atoms with Gasteiger partial charge in [-0.2, -0.15) is 0 Å². The van der Waals surface area contributed by atoms with Gasteiger partial charge >= 0.3 is 0 Å². The van der Waals surface area contributed by atoms with Crippen LogP contribution < -0.4 is 5.73 Å². The molecule has 0 saturated heterocycles. The fourth-order valence-electron chi connectivity index (χ4n) is 4.29. The molecule has 4 atom stereocenters. The van der Waals surface area contributed by atoms with Gasteiger partial charge in [-0.15, -0.1) is 0 Å². The summed E-state index contributed by atoms with van der Waals surface area (Å²) in [6.07, 6.45) is 3.58. The lowest BCUT2D eigenvalue weighted by molar-refractivity contribution is -0.138. The monoisotopic (exact) mass is 286 g/mol. The van der Waals surface area contributed by atoms with E-state index in [0.717, 1.165) is 6.54 Å². The van der Waals surface area contributed by atoms with Crippen LogP contribution in [-0.4, -0.2) is 23.4 Å². The Morgan fingerprint density at radius 1 is 1.33 bits per heavy atom. The van der Waals surface area contributed by atoms with Gasteiger partial charge in [-0.25, -0.2) is 0 Å². The molecule has 1 aromatic carbocycles. The number of fused-ring (bicyclic) bond motifs is 2. The van der Waals surface area contributed by atoms with Crippen molar-refractivity contribution in [1.82, 2.24) is 4.90 Å². The molecule has 1 aromatic rings. The molecule has 0 aromatic heterocycles. The molecular formula is C18H26N2O. The highest BCUT2D eigenvalue weighted by Crippen LogP contribution is 2.48. The van der Waals surface area contributed by atoms with Crippen molar-refractivity contribution >= 4 is 5.91 Å². The van der Waals surface area contributed by atoms with Crippen molar-refractivity contribution in [2.24, 2.45) is 23.5 Å². The zero-order chi connectivity index (χ0) is 15.0. The first-order valence-corrected chi connectivity index (χ1v) is 8.20. The predicted molar refractivity (Wildman–Crippen MR) is 84.6 cm³/mol. The number of aryl methyl sites for hydroxylation is 1. The van der Waals surface area contributed by atoms with Gasteiger partial charge < -0.3 is 10.6 Å². The largest absolute Gasteiger partial charge is 0.338 e. The highest BCUT2D eigenvalue weighted by molar-refractivity contribution is 5.80. The summed E-state index contributed by atoms with van der Waals surface area (Å²) in [4.78, 5) is 14.9. The molecule has 2 fully saturated rings. The van der Waals surface area contributed by atoms with Gasteiger partial charge in [-0.3, -0.25) is 4.79 Å². The third-order valence-electron chi connectivity index (χ3n) is 5.42. The number of carbonyl (C=O) groups excluding carboxylic acids is 1. The van der Waals surface area contributed by atoms with Crippen LogP contribution in [0.5, 0.6) is 0 Å². The molecule has 0 heterocycles. The maximum atomic E-state index is 12.9. The van der Waals surface area contributed by atoms with Gasteiger partial charge in [0.15, 0.2) is 0 Å². The van der Waals surface area contributed by atoms with Crippen LogP contribution in [0.4, 0.5) is 0 Å². The maximum absolute atomic E-state index is 12.9. The zero-order valence-electron chi connectivity index (χ0n) is 13.1. The van der Waals surface area contributed by atoms with Gasteiger partial charge in [0.2, 0.25) is 5.91 Å². The molecule has 2 aliphatic carbocycles. The smallest absolute Gasteiger partial charge is 0.227 e. The van der Waals surface area contributed by atoms with E-state index in [0.29, 0.717) is 18.4 Å². The summed E-state index contributed by atoms with van der Waals surface area (Å²) >= 11 is 0. The normalized spacial score (nSPS) is 30.6. The van der Waals surface area contributed by atoms with Crippen LogP contribution in [0.2, 0.25) is 0 Å². The topological polar surface area (TPSA) is 46.3 Å². The Morgan fingerprint density at radius 2 is 2.10 bits per heavy atom. The van der Waals surface area contributed by atoms with Crippen molar-refractivity contribution in [2.45, 2.75) is 45.7 Å². The first kappa shape index (κ1) is 14.6. The van der Waals surface area contributed by atoms with Crippen LogP contribution in [0.15, 0.2) is 24.3 Å². The molecule has 3 rings (SSSR count). The van der Waals surface area contributed by atoms with Crippen molar-refractivity contribution in [3.05, 3.63) is 35.4 Å².